The van der Waals surface area contributed by atoms with E-state index in [2.05, 4.69) is 36.5 Å². The van der Waals surface area contributed by atoms with E-state index in [0.717, 1.165) is 21.2 Å². The third-order valence-corrected chi connectivity index (χ3v) is 4.35. The van der Waals surface area contributed by atoms with Gasteiger partial charge in [-0.15, -0.1) is 11.3 Å². The molecule has 0 saturated carbocycles. The Morgan fingerprint density at radius 3 is 2.72 bits per heavy atom. The minimum atomic E-state index is -4.45. The number of aliphatic imine (C=N–C) groups is 1. The predicted octanol–water partition coefficient (Wildman–Crippen LogP) is 4.32. The number of thiazole rings is 1. The smallest absolute Gasteiger partial charge is 0.357 e. The van der Waals surface area contributed by atoms with E-state index in [0.29, 0.717) is 18.1 Å². The first-order valence-corrected chi connectivity index (χ1v) is 8.94. The van der Waals surface area contributed by atoms with Gasteiger partial charge in [0.15, 0.2) is 11.7 Å². The Hall–Kier alpha value is -1.68. The van der Waals surface area contributed by atoms with E-state index in [1.807, 2.05) is 6.92 Å². The van der Waals surface area contributed by atoms with Crippen molar-refractivity contribution in [2.75, 3.05) is 6.54 Å². The highest BCUT2D eigenvalue weighted by molar-refractivity contribution is 9.10. The molecule has 1 aromatic heterocycles. The van der Waals surface area contributed by atoms with Crippen molar-refractivity contribution in [2.24, 2.45) is 4.99 Å². The molecular weight excluding hydrogens is 424 g/mol. The summed E-state index contributed by atoms with van der Waals surface area (Å²) in [6.07, 6.45) is -4.45. The molecule has 0 radical (unpaired) electrons. The molecule has 25 heavy (non-hydrogen) atoms. The van der Waals surface area contributed by atoms with Crippen LogP contribution in [0.25, 0.3) is 0 Å². The van der Waals surface area contributed by atoms with Crippen LogP contribution in [0.15, 0.2) is 33.0 Å². The Labute approximate surface area is 154 Å². The van der Waals surface area contributed by atoms with Crippen LogP contribution in [0.3, 0.4) is 0 Å². The molecule has 136 valence electrons. The maximum Gasteiger partial charge on any atom is 0.434 e. The molecular formula is C15H15BrF4N4S. The molecule has 0 saturated heterocycles. The van der Waals surface area contributed by atoms with E-state index in [9.17, 15) is 17.6 Å². The average molecular weight is 439 g/mol. The maximum absolute atomic E-state index is 13.7. The number of rotatable bonds is 5. The van der Waals surface area contributed by atoms with Crippen LogP contribution in [-0.2, 0) is 19.3 Å². The van der Waals surface area contributed by atoms with Crippen molar-refractivity contribution in [2.45, 2.75) is 26.2 Å². The molecule has 1 aromatic carbocycles. The number of aromatic nitrogens is 1. The summed E-state index contributed by atoms with van der Waals surface area (Å²) in [5.41, 5.74) is -0.507. The average Bonchev–Trinajstić information content (AvgIpc) is 3.02. The normalized spacial score (nSPS) is 12.3. The zero-order valence-corrected chi connectivity index (χ0v) is 15.5. The van der Waals surface area contributed by atoms with Crippen LogP contribution in [0, 0.1) is 5.82 Å². The van der Waals surface area contributed by atoms with E-state index < -0.39 is 11.9 Å². The van der Waals surface area contributed by atoms with Gasteiger partial charge in [-0.3, -0.25) is 0 Å². The van der Waals surface area contributed by atoms with Crippen molar-refractivity contribution in [3.8, 4) is 0 Å². The third kappa shape index (κ3) is 5.96. The lowest BCUT2D eigenvalue weighted by Crippen LogP contribution is -2.36. The molecule has 0 fully saturated rings. The van der Waals surface area contributed by atoms with Gasteiger partial charge in [0.25, 0.3) is 0 Å². The first-order chi connectivity index (χ1) is 11.8. The highest BCUT2D eigenvalue weighted by atomic mass is 79.9. The highest BCUT2D eigenvalue weighted by Gasteiger charge is 2.33. The number of halogens is 5. The van der Waals surface area contributed by atoms with Gasteiger partial charge >= 0.3 is 6.18 Å². The molecule has 1 heterocycles. The Morgan fingerprint density at radius 2 is 2.08 bits per heavy atom. The van der Waals surface area contributed by atoms with Crippen molar-refractivity contribution in [1.29, 1.82) is 0 Å². The summed E-state index contributed by atoms with van der Waals surface area (Å²) in [7, 11) is 0. The number of guanidine groups is 1. The van der Waals surface area contributed by atoms with Crippen LogP contribution >= 0.6 is 27.3 Å². The third-order valence-electron chi connectivity index (χ3n) is 3.01. The molecule has 0 spiro atoms. The van der Waals surface area contributed by atoms with Crippen molar-refractivity contribution in [3.05, 3.63) is 50.1 Å². The van der Waals surface area contributed by atoms with Crippen LogP contribution in [0.1, 0.15) is 23.2 Å². The molecule has 0 bridgehead atoms. The molecule has 0 aliphatic carbocycles. The predicted molar refractivity (Wildman–Crippen MR) is 92.9 cm³/mol. The zero-order valence-electron chi connectivity index (χ0n) is 13.1. The largest absolute Gasteiger partial charge is 0.434 e. The van der Waals surface area contributed by atoms with E-state index in [4.69, 9.17) is 0 Å². The lowest BCUT2D eigenvalue weighted by atomic mass is 10.2. The van der Waals surface area contributed by atoms with Crippen LogP contribution < -0.4 is 10.6 Å². The van der Waals surface area contributed by atoms with Crippen molar-refractivity contribution < 1.29 is 17.6 Å². The summed E-state index contributed by atoms with van der Waals surface area (Å²) in [4.78, 5) is 7.78. The SMILES string of the molecule is CCNC(=NCc1cc(Br)ccc1F)NCc1nc(C(F)(F)F)cs1. The summed E-state index contributed by atoms with van der Waals surface area (Å²) in [6.45, 7) is 2.58. The fraction of sp³-hybridized carbons (Fsp3) is 0.333. The van der Waals surface area contributed by atoms with Gasteiger partial charge in [-0.1, -0.05) is 15.9 Å². The number of hydrogen-bond donors (Lipinski definition) is 2. The summed E-state index contributed by atoms with van der Waals surface area (Å²) in [5, 5.41) is 7.10. The van der Waals surface area contributed by atoms with Gasteiger partial charge in [0.05, 0.1) is 13.1 Å². The van der Waals surface area contributed by atoms with Gasteiger partial charge in [-0.05, 0) is 25.1 Å². The van der Waals surface area contributed by atoms with Gasteiger partial charge < -0.3 is 10.6 Å². The Kier molecular flexibility index (Phi) is 6.77. The second-order valence-electron chi connectivity index (χ2n) is 4.91. The molecule has 2 rings (SSSR count). The molecule has 0 unspecified atom stereocenters. The fourth-order valence-corrected chi connectivity index (χ4v) is 3.00. The fourth-order valence-electron chi connectivity index (χ4n) is 1.85. The number of nitrogens with zero attached hydrogens (tertiary/aromatic N) is 2. The van der Waals surface area contributed by atoms with Crippen LogP contribution in [0.2, 0.25) is 0 Å². The van der Waals surface area contributed by atoms with Gasteiger partial charge in [-0.25, -0.2) is 14.4 Å². The minimum absolute atomic E-state index is 0.0896. The monoisotopic (exact) mass is 438 g/mol. The lowest BCUT2D eigenvalue weighted by Gasteiger charge is -2.10. The first-order valence-electron chi connectivity index (χ1n) is 7.27. The number of alkyl halides is 3. The Morgan fingerprint density at radius 1 is 1.32 bits per heavy atom. The minimum Gasteiger partial charge on any atom is -0.357 e. The van der Waals surface area contributed by atoms with Crippen LogP contribution in [0.4, 0.5) is 17.6 Å². The van der Waals surface area contributed by atoms with Crippen molar-refractivity contribution >= 4 is 33.2 Å². The van der Waals surface area contributed by atoms with E-state index in [1.165, 1.54) is 6.07 Å². The molecule has 10 heteroatoms. The molecule has 0 aliphatic rings. The summed E-state index contributed by atoms with van der Waals surface area (Å²) in [5.74, 6) is -0.0109. The quantitative estimate of drug-likeness (QED) is 0.415. The molecule has 0 aliphatic heterocycles. The number of benzene rings is 1. The standard InChI is InChI=1S/C15H15BrF4N4S/c1-2-21-14(22-6-9-5-10(16)3-4-11(9)17)23-7-13-24-12(8-25-13)15(18,19)20/h3-5,8H,2,6-7H2,1H3,(H2,21,22,23). The molecule has 4 nitrogen and oxygen atoms in total. The van der Waals surface area contributed by atoms with Crippen LogP contribution in [0.5, 0.6) is 0 Å². The second kappa shape index (κ2) is 8.61. The summed E-state index contributed by atoms with van der Waals surface area (Å²) >= 11 is 4.18. The van der Waals surface area contributed by atoms with Gasteiger partial charge in [0.1, 0.15) is 10.8 Å². The van der Waals surface area contributed by atoms with Gasteiger partial charge in [0.2, 0.25) is 0 Å². The van der Waals surface area contributed by atoms with Crippen molar-refractivity contribution in [1.82, 2.24) is 15.6 Å². The molecule has 0 atom stereocenters. The lowest BCUT2D eigenvalue weighted by molar-refractivity contribution is -0.140. The first kappa shape index (κ1) is 19.6. The summed E-state index contributed by atoms with van der Waals surface area (Å²) < 4.78 is 52.1. The molecule has 2 N–H and O–H groups in total. The van der Waals surface area contributed by atoms with E-state index in [1.54, 1.807) is 12.1 Å². The molecule has 2 aromatic rings. The van der Waals surface area contributed by atoms with Gasteiger partial charge in [-0.2, -0.15) is 13.2 Å². The topological polar surface area (TPSA) is 49.3 Å². The maximum atomic E-state index is 13.7. The number of hydrogen-bond acceptors (Lipinski definition) is 3. The Balaban J connectivity index is 2.02. The van der Waals surface area contributed by atoms with Crippen LogP contribution in [-0.4, -0.2) is 17.5 Å². The highest BCUT2D eigenvalue weighted by Crippen LogP contribution is 2.29. The van der Waals surface area contributed by atoms with E-state index in [-0.39, 0.29) is 23.9 Å². The zero-order chi connectivity index (χ0) is 18.4. The Bertz CT molecular complexity index is 745. The number of nitrogens with one attached hydrogen (secondary N) is 2. The van der Waals surface area contributed by atoms with Gasteiger partial charge in [0, 0.05) is 22.0 Å². The van der Waals surface area contributed by atoms with Crippen molar-refractivity contribution in [3.63, 3.8) is 0 Å². The summed E-state index contributed by atoms with van der Waals surface area (Å²) in [6, 6.07) is 4.55. The second-order valence-corrected chi connectivity index (χ2v) is 6.77. The molecule has 0 amide bonds. The van der Waals surface area contributed by atoms with E-state index >= 15 is 0 Å².